The van der Waals surface area contributed by atoms with E-state index in [1.165, 1.54) is 19.2 Å². The summed E-state index contributed by atoms with van der Waals surface area (Å²) in [4.78, 5) is 87.5. The Morgan fingerprint density at radius 1 is 0.963 bits per heavy atom. The summed E-state index contributed by atoms with van der Waals surface area (Å²) < 4.78 is 55.3. The Morgan fingerprint density at radius 2 is 1.54 bits per heavy atom. The number of hydrogen-bond acceptors (Lipinski definition) is 16. The molecule has 0 aromatic carbocycles. The second kappa shape index (κ2) is 15.9. The maximum Gasteiger partial charge on any atom is 0.413 e. The molecule has 1 aromatic rings. The molecule has 2 fully saturated rings. The van der Waals surface area contributed by atoms with Gasteiger partial charge in [0.2, 0.25) is 5.60 Å². The molecule has 0 unspecified atom stereocenters. The van der Waals surface area contributed by atoms with E-state index in [9.17, 15) is 41.7 Å². The van der Waals surface area contributed by atoms with Crippen molar-refractivity contribution in [3.63, 3.8) is 0 Å². The first-order valence-corrected chi connectivity index (χ1v) is 18.7. The van der Waals surface area contributed by atoms with Crippen LogP contribution >= 0.6 is 11.3 Å². The van der Waals surface area contributed by atoms with Crippen molar-refractivity contribution in [1.82, 2.24) is 24.8 Å². The number of cyclic esters (lactones) is 1. The minimum absolute atomic E-state index is 0.0374. The van der Waals surface area contributed by atoms with Gasteiger partial charge in [-0.2, -0.15) is 8.42 Å². The minimum Gasteiger partial charge on any atom is -0.457 e. The third-order valence-electron chi connectivity index (χ3n) is 6.76. The molecule has 23 heteroatoms. The van der Waals surface area contributed by atoms with Crippen LogP contribution in [-0.4, -0.2) is 129 Å². The monoisotopic (exact) mass is 805 g/mol. The van der Waals surface area contributed by atoms with Crippen molar-refractivity contribution < 1.29 is 65.5 Å². The average molecular weight is 806 g/mol. The molecule has 302 valence electrons. The van der Waals surface area contributed by atoms with Gasteiger partial charge in [-0.05, 0) is 76.2 Å². The molecular weight excluding hydrogens is 759 g/mol. The Labute approximate surface area is 316 Å². The lowest BCUT2D eigenvalue weighted by atomic mass is 9.97. The van der Waals surface area contributed by atoms with Gasteiger partial charge in [0.05, 0.1) is 19.1 Å². The number of amides is 5. The summed E-state index contributed by atoms with van der Waals surface area (Å²) in [6, 6.07) is -3.20. The number of β-lactam (4-membered cyclic amide) rings is 1. The summed E-state index contributed by atoms with van der Waals surface area (Å²) in [7, 11) is -5.18. The van der Waals surface area contributed by atoms with Crippen molar-refractivity contribution in [3.8, 4) is 0 Å². The Hall–Kier alpha value is -4.77. The van der Waals surface area contributed by atoms with Gasteiger partial charge in [-0.25, -0.2) is 28.5 Å². The van der Waals surface area contributed by atoms with Crippen LogP contribution in [-0.2, 0) is 48.5 Å². The molecule has 3 atom stereocenters. The normalized spacial score (nSPS) is 19.7. The van der Waals surface area contributed by atoms with Crippen LogP contribution in [0.3, 0.4) is 0 Å². The lowest BCUT2D eigenvalue weighted by Gasteiger charge is -2.45. The topological polar surface area (TPSA) is 271 Å². The highest BCUT2D eigenvalue weighted by molar-refractivity contribution is 7.84. The summed E-state index contributed by atoms with van der Waals surface area (Å²) in [6.45, 7) is 16.5. The van der Waals surface area contributed by atoms with E-state index in [2.05, 4.69) is 26.1 Å². The molecule has 1 aromatic heterocycles. The number of oxime groups is 1. The fourth-order valence-electron chi connectivity index (χ4n) is 4.55. The van der Waals surface area contributed by atoms with Gasteiger partial charge in [0.15, 0.2) is 10.8 Å². The number of esters is 1. The van der Waals surface area contributed by atoms with Gasteiger partial charge in [-0.1, -0.05) is 5.16 Å². The van der Waals surface area contributed by atoms with E-state index in [0.717, 1.165) is 16.2 Å². The van der Waals surface area contributed by atoms with Gasteiger partial charge in [0.25, 0.3) is 11.8 Å². The zero-order chi connectivity index (χ0) is 41.2. The van der Waals surface area contributed by atoms with Crippen LogP contribution in [0.15, 0.2) is 10.5 Å². The maximum absolute atomic E-state index is 13.8. The number of hydrogen-bond donors (Lipinski definition) is 4. The molecule has 54 heavy (non-hydrogen) atoms. The van der Waals surface area contributed by atoms with Crippen LogP contribution < -0.4 is 16.0 Å². The first kappa shape index (κ1) is 43.6. The predicted molar refractivity (Wildman–Crippen MR) is 190 cm³/mol. The van der Waals surface area contributed by atoms with Crippen LogP contribution in [0.2, 0.25) is 0 Å². The van der Waals surface area contributed by atoms with E-state index >= 15 is 0 Å². The second-order valence-corrected chi connectivity index (χ2v) is 17.8. The first-order chi connectivity index (χ1) is 24.5. The largest absolute Gasteiger partial charge is 0.457 e. The number of anilines is 1. The number of aromatic nitrogens is 1. The average Bonchev–Trinajstić information content (AvgIpc) is 3.56. The molecular formula is C31H47N7O14S2. The minimum atomic E-state index is -5.18. The van der Waals surface area contributed by atoms with E-state index < -0.39 is 99.2 Å². The molecule has 2 aliphatic rings. The predicted octanol–water partition coefficient (Wildman–Crippen LogP) is 2.18. The summed E-state index contributed by atoms with van der Waals surface area (Å²) in [5, 5.41) is 12.3. The number of nitrogens with zero attached hydrogens (tertiary/aromatic N) is 4. The van der Waals surface area contributed by atoms with Crippen LogP contribution in [0, 0.1) is 0 Å². The highest BCUT2D eigenvalue weighted by Gasteiger charge is 2.56. The molecule has 0 saturated carbocycles. The summed E-state index contributed by atoms with van der Waals surface area (Å²) in [5.41, 5.74) is -5.14. The third-order valence-corrected chi connectivity index (χ3v) is 8.47. The quantitative estimate of drug-likeness (QED) is 0.0589. The molecule has 2 aliphatic heterocycles. The fourth-order valence-corrected chi connectivity index (χ4v) is 6.10. The van der Waals surface area contributed by atoms with Crippen molar-refractivity contribution in [2.75, 3.05) is 25.0 Å². The molecule has 0 aliphatic carbocycles. The number of nitrogens with one attached hydrogen (secondary N) is 3. The van der Waals surface area contributed by atoms with Gasteiger partial charge < -0.3 is 39.3 Å². The van der Waals surface area contributed by atoms with Crippen molar-refractivity contribution >= 4 is 68.5 Å². The second-order valence-electron chi connectivity index (χ2n) is 15.6. The molecule has 0 spiro atoms. The summed E-state index contributed by atoms with van der Waals surface area (Å²) in [5.74, 6) is -3.27. The molecule has 0 radical (unpaired) electrons. The van der Waals surface area contributed by atoms with Crippen LogP contribution in [0.1, 0.15) is 81.9 Å². The van der Waals surface area contributed by atoms with Crippen LogP contribution in [0.4, 0.5) is 19.5 Å². The molecule has 4 N–H and O–H groups in total. The Balaban J connectivity index is 1.87. The number of carbonyl (C=O) groups is 6. The maximum atomic E-state index is 13.8. The molecule has 0 bridgehead atoms. The van der Waals surface area contributed by atoms with Gasteiger partial charge >= 0.3 is 34.6 Å². The van der Waals surface area contributed by atoms with Gasteiger partial charge in [-0.15, -0.1) is 11.3 Å². The standard InChI is InChI=1S/C31H47N7O14S2/c1-28(2,3)49-23(41)31(10,11)52-36-19(17-15-53-24(33-17)35-26(43)51-30(7,8)9)21(39)34-20-18(38(22(20)40)54(45,46)47)14-37-13-16(48-27(37)44)12-32-25(42)50-29(4,5)6/h15-16,18,20H,12-14H2,1-11H3,(H,32,42)(H,34,39)(H,33,35,43)(H,45,46,47)/b36-19+/t16-,18-,20+/m1/s1. The lowest BCUT2D eigenvalue weighted by molar-refractivity contribution is -0.179. The van der Waals surface area contributed by atoms with Crippen molar-refractivity contribution in [2.24, 2.45) is 5.16 Å². The van der Waals surface area contributed by atoms with Gasteiger partial charge in [0, 0.05) is 11.9 Å². The number of rotatable bonds is 12. The van der Waals surface area contributed by atoms with Crippen molar-refractivity contribution in [2.45, 2.75) is 117 Å². The number of alkyl carbamates (subject to hydrolysis) is 1. The summed E-state index contributed by atoms with van der Waals surface area (Å²) in [6.07, 6.45) is -3.46. The van der Waals surface area contributed by atoms with Crippen LogP contribution in [0.25, 0.3) is 0 Å². The van der Waals surface area contributed by atoms with E-state index in [0.29, 0.717) is 0 Å². The molecule has 3 heterocycles. The first-order valence-electron chi connectivity index (χ1n) is 16.5. The number of ether oxygens (including phenoxy) is 4. The Bertz CT molecular complexity index is 1770. The molecule has 21 nitrogen and oxygen atoms in total. The Kier molecular flexibility index (Phi) is 12.9. The molecule has 5 amide bonds. The summed E-state index contributed by atoms with van der Waals surface area (Å²) >= 11 is 0.860. The lowest BCUT2D eigenvalue weighted by Crippen LogP contribution is -2.74. The molecule has 2 saturated heterocycles. The smallest absolute Gasteiger partial charge is 0.413 e. The zero-order valence-corrected chi connectivity index (χ0v) is 33.4. The van der Waals surface area contributed by atoms with Gasteiger partial charge in [0.1, 0.15) is 34.6 Å². The highest BCUT2D eigenvalue weighted by Crippen LogP contribution is 2.27. The SMILES string of the molecule is CC(C)(C)OC(=O)NC[C@@H]1CN(C[C@@H]2[C@H](NC(=O)/C(=N/OC(C)(C)C(=O)OC(C)(C)C)c3csc(NC(=O)OC(C)(C)C)n3)C(=O)N2S(=O)(=O)O)C(=O)O1. The van der Waals surface area contributed by atoms with E-state index in [1.54, 1.807) is 62.3 Å². The number of carbonyl (C=O) groups excluding carboxylic acids is 6. The third kappa shape index (κ3) is 12.4. The highest BCUT2D eigenvalue weighted by atomic mass is 32.2. The van der Waals surface area contributed by atoms with E-state index in [4.69, 9.17) is 23.8 Å². The van der Waals surface area contributed by atoms with Crippen molar-refractivity contribution in [1.29, 1.82) is 0 Å². The zero-order valence-electron chi connectivity index (χ0n) is 31.8. The fraction of sp³-hybridized carbons (Fsp3) is 0.677. The van der Waals surface area contributed by atoms with Gasteiger partial charge in [-0.3, -0.25) is 19.5 Å². The molecule has 3 rings (SSSR count). The van der Waals surface area contributed by atoms with Crippen LogP contribution in [0.5, 0.6) is 0 Å². The Morgan fingerprint density at radius 3 is 2.09 bits per heavy atom. The van der Waals surface area contributed by atoms with E-state index in [-0.39, 0.29) is 28.2 Å². The van der Waals surface area contributed by atoms with Crippen molar-refractivity contribution in [3.05, 3.63) is 11.1 Å². The number of thiazole rings is 1. The van der Waals surface area contributed by atoms with E-state index in [1.807, 2.05) is 0 Å².